The Labute approximate surface area is 300 Å². The van der Waals surface area contributed by atoms with Gasteiger partial charge in [0.2, 0.25) is 0 Å². The number of hydrogen-bond donors (Lipinski definition) is 1. The van der Waals surface area contributed by atoms with Crippen molar-refractivity contribution in [2.75, 3.05) is 25.7 Å². The number of anilines is 1. The van der Waals surface area contributed by atoms with Gasteiger partial charge in [-0.1, -0.05) is 103 Å². The molecule has 7 rings (SSSR count). The molecule has 0 radical (unpaired) electrons. The van der Waals surface area contributed by atoms with E-state index in [1.165, 1.54) is 5.19 Å². The number of fused-ring (bicyclic) bond motifs is 2. The highest BCUT2D eigenvalue weighted by Crippen LogP contribution is 2.60. The minimum Gasteiger partial charge on any atom is -0.497 e. The summed E-state index contributed by atoms with van der Waals surface area (Å²) in [5.74, 6) is 1.06. The fourth-order valence-corrected chi connectivity index (χ4v) is 12.6. The SMILES string of the molecule is COc1ccc([Si](C)(C)[C@@H]2[C@@H](CCn3cc(C(CO)c4ccccc4)nn3)O[C@]3(C(=O)N(Cc4ccccc4)c4ccc(OC)cc43)[C@H]2C)cc1. The molecule has 1 aromatic heterocycles. The molecular weight excluding hydrogens is 657 g/mol. The van der Waals surface area contributed by atoms with Gasteiger partial charge in [-0.25, -0.2) is 0 Å². The number of amides is 1. The number of hydrogen-bond acceptors (Lipinski definition) is 7. The van der Waals surface area contributed by atoms with Gasteiger partial charge in [0.1, 0.15) is 11.5 Å². The second-order valence-electron chi connectivity index (χ2n) is 14.3. The predicted octanol–water partition coefficient (Wildman–Crippen LogP) is 6.27. The van der Waals surface area contributed by atoms with E-state index < -0.39 is 13.7 Å². The molecule has 1 unspecified atom stereocenters. The zero-order valence-corrected chi connectivity index (χ0v) is 30.9. The molecule has 2 aliphatic heterocycles. The summed E-state index contributed by atoms with van der Waals surface area (Å²) in [6, 6.07) is 34.3. The Morgan fingerprint density at radius 3 is 2.25 bits per heavy atom. The maximum Gasteiger partial charge on any atom is 0.264 e. The molecule has 5 aromatic rings. The van der Waals surface area contributed by atoms with E-state index in [0.29, 0.717) is 31.0 Å². The normalized spacial score (nSPS) is 22.0. The Balaban J connectivity index is 1.27. The van der Waals surface area contributed by atoms with Crippen molar-refractivity contribution < 1.29 is 24.1 Å². The Bertz CT molecular complexity index is 1970. The second kappa shape index (κ2) is 14.1. The van der Waals surface area contributed by atoms with Crippen LogP contribution >= 0.6 is 0 Å². The van der Waals surface area contributed by atoms with Crippen LogP contribution in [0, 0.1) is 5.92 Å². The number of aromatic nitrogens is 3. The molecule has 1 saturated heterocycles. The van der Waals surface area contributed by atoms with Crippen LogP contribution in [0.15, 0.2) is 109 Å². The lowest BCUT2D eigenvalue weighted by Gasteiger charge is -2.37. The molecule has 10 heteroatoms. The predicted molar refractivity (Wildman–Crippen MR) is 200 cm³/mol. The van der Waals surface area contributed by atoms with Crippen molar-refractivity contribution in [2.24, 2.45) is 5.92 Å². The van der Waals surface area contributed by atoms with Crippen molar-refractivity contribution in [3.63, 3.8) is 0 Å². The smallest absolute Gasteiger partial charge is 0.264 e. The van der Waals surface area contributed by atoms with E-state index in [-0.39, 0.29) is 36.0 Å². The van der Waals surface area contributed by atoms with Crippen LogP contribution in [0.4, 0.5) is 5.69 Å². The van der Waals surface area contributed by atoms with Gasteiger partial charge in [0.15, 0.2) is 5.60 Å². The van der Waals surface area contributed by atoms with Crippen LogP contribution in [0.1, 0.15) is 41.6 Å². The van der Waals surface area contributed by atoms with Gasteiger partial charge in [0.25, 0.3) is 5.91 Å². The molecule has 264 valence electrons. The topological polar surface area (TPSA) is 98.9 Å². The number of aryl methyl sites for hydroxylation is 1. The summed E-state index contributed by atoms with van der Waals surface area (Å²) in [7, 11) is 1.00. The van der Waals surface area contributed by atoms with E-state index >= 15 is 4.79 Å². The Morgan fingerprint density at radius 2 is 1.59 bits per heavy atom. The van der Waals surface area contributed by atoms with Crippen molar-refractivity contribution in [3.8, 4) is 11.5 Å². The largest absolute Gasteiger partial charge is 0.497 e. The third-order valence-electron chi connectivity index (χ3n) is 11.2. The molecule has 3 heterocycles. The first-order chi connectivity index (χ1) is 24.7. The summed E-state index contributed by atoms with van der Waals surface area (Å²) in [4.78, 5) is 17.0. The maximum atomic E-state index is 15.1. The molecule has 1 spiro atoms. The lowest BCUT2D eigenvalue weighted by molar-refractivity contribution is -0.146. The van der Waals surface area contributed by atoms with Crippen molar-refractivity contribution in [3.05, 3.63) is 132 Å². The summed E-state index contributed by atoms with van der Waals surface area (Å²) >= 11 is 0. The lowest BCUT2D eigenvalue weighted by atomic mass is 9.82. The van der Waals surface area contributed by atoms with E-state index in [1.54, 1.807) is 14.2 Å². The molecule has 2 aliphatic rings. The number of carbonyl (C=O) groups excluding carboxylic acids is 1. The molecule has 0 bridgehead atoms. The van der Waals surface area contributed by atoms with E-state index in [2.05, 4.69) is 54.6 Å². The van der Waals surface area contributed by atoms with Crippen molar-refractivity contribution in [1.29, 1.82) is 0 Å². The minimum absolute atomic E-state index is 0.0363. The van der Waals surface area contributed by atoms with Crippen molar-refractivity contribution in [1.82, 2.24) is 15.0 Å². The second-order valence-corrected chi connectivity index (χ2v) is 18.9. The van der Waals surface area contributed by atoms with E-state index in [0.717, 1.165) is 28.1 Å². The van der Waals surface area contributed by atoms with Crippen LogP contribution < -0.4 is 19.6 Å². The number of aliphatic hydroxyl groups excluding tert-OH is 1. The quantitative estimate of drug-likeness (QED) is 0.153. The monoisotopic (exact) mass is 702 g/mol. The zero-order chi connectivity index (χ0) is 35.8. The molecule has 5 atom stereocenters. The van der Waals surface area contributed by atoms with Crippen molar-refractivity contribution >= 4 is 24.9 Å². The summed E-state index contributed by atoms with van der Waals surface area (Å²) in [6.45, 7) is 7.90. The fraction of sp³-hybridized carbons (Fsp3) is 0.341. The third kappa shape index (κ3) is 6.15. The number of aliphatic hydroxyl groups is 1. The summed E-state index contributed by atoms with van der Waals surface area (Å²) in [5.41, 5.74) is 3.36. The number of benzene rings is 4. The van der Waals surface area contributed by atoms with Crippen LogP contribution in [0.25, 0.3) is 0 Å². The van der Waals surface area contributed by atoms with Crippen LogP contribution in [0.5, 0.6) is 11.5 Å². The van der Waals surface area contributed by atoms with E-state index in [1.807, 2.05) is 94.6 Å². The van der Waals surface area contributed by atoms with Crippen LogP contribution in [0.3, 0.4) is 0 Å². The van der Waals surface area contributed by atoms with Gasteiger partial charge in [-0.2, -0.15) is 0 Å². The van der Waals surface area contributed by atoms with Gasteiger partial charge >= 0.3 is 0 Å². The number of methoxy groups -OCH3 is 2. The molecule has 9 nitrogen and oxygen atoms in total. The Kier molecular flexibility index (Phi) is 9.58. The highest BCUT2D eigenvalue weighted by molar-refractivity contribution is 6.91. The molecule has 1 N–H and O–H groups in total. The molecule has 51 heavy (non-hydrogen) atoms. The number of ether oxygens (including phenoxy) is 3. The first-order valence-electron chi connectivity index (χ1n) is 17.6. The number of rotatable bonds is 12. The van der Waals surface area contributed by atoms with E-state index in [4.69, 9.17) is 14.2 Å². The Morgan fingerprint density at radius 1 is 0.922 bits per heavy atom. The standard InChI is InChI=1S/C41H46N4O5Si/c1-28-39(51(4,5)33-19-16-31(48-2)17-20-33)38(22-23-44-26-36(42-43-44)34(27-46)30-14-10-7-11-15-30)50-41(28)35-24-32(49-3)18-21-37(35)45(40(41)47)25-29-12-8-6-9-13-29/h6-21,24,26,28,34,38-39,46H,22-23,25,27H2,1-5H3/t28-,34?,38+,39-,41+/m0/s1. The Hall–Kier alpha value is -4.77. The van der Waals surface area contributed by atoms with Gasteiger partial charge < -0.3 is 24.2 Å². The van der Waals surface area contributed by atoms with Crippen LogP contribution in [0.2, 0.25) is 18.6 Å². The van der Waals surface area contributed by atoms with Crippen LogP contribution in [-0.4, -0.2) is 61.0 Å². The summed E-state index contributed by atoms with van der Waals surface area (Å²) in [6.07, 6.45) is 2.30. The highest BCUT2D eigenvalue weighted by atomic mass is 28.3. The first kappa shape index (κ1) is 34.7. The zero-order valence-electron chi connectivity index (χ0n) is 29.9. The van der Waals surface area contributed by atoms with Gasteiger partial charge in [-0.05, 0) is 53.4 Å². The van der Waals surface area contributed by atoms with Gasteiger partial charge in [0.05, 0.1) is 58.8 Å². The molecule has 1 amide bonds. The summed E-state index contributed by atoms with van der Waals surface area (Å²) < 4.78 is 20.4. The molecule has 1 fully saturated rings. The average Bonchev–Trinajstić information content (AvgIpc) is 3.82. The maximum absolute atomic E-state index is 15.1. The fourth-order valence-electron chi connectivity index (χ4n) is 8.51. The molecular formula is C41H46N4O5Si. The van der Waals surface area contributed by atoms with E-state index in [9.17, 15) is 5.11 Å². The number of carbonyl (C=O) groups is 1. The lowest BCUT2D eigenvalue weighted by Crippen LogP contribution is -2.51. The molecule has 0 saturated carbocycles. The first-order valence-corrected chi connectivity index (χ1v) is 20.7. The third-order valence-corrected chi connectivity index (χ3v) is 15.5. The van der Waals surface area contributed by atoms with Crippen molar-refractivity contribution in [2.45, 2.75) is 62.7 Å². The van der Waals surface area contributed by atoms with Crippen LogP contribution in [-0.2, 0) is 28.2 Å². The molecule has 4 aromatic carbocycles. The van der Waals surface area contributed by atoms with Gasteiger partial charge in [0, 0.05) is 24.2 Å². The number of nitrogens with zero attached hydrogens (tertiary/aromatic N) is 4. The van der Waals surface area contributed by atoms with Gasteiger partial charge in [-0.15, -0.1) is 5.10 Å². The summed E-state index contributed by atoms with van der Waals surface area (Å²) in [5, 5.41) is 20.5. The highest BCUT2D eigenvalue weighted by Gasteiger charge is 2.66. The average molecular weight is 703 g/mol. The van der Waals surface area contributed by atoms with Gasteiger partial charge in [-0.3, -0.25) is 9.48 Å². The minimum atomic E-state index is -2.33. The molecule has 0 aliphatic carbocycles.